The van der Waals surface area contributed by atoms with Crippen molar-refractivity contribution in [2.45, 2.75) is 4.90 Å². The molecule has 0 N–H and O–H groups in total. The van der Waals surface area contributed by atoms with E-state index in [1.807, 2.05) is 12.1 Å². The van der Waals surface area contributed by atoms with E-state index in [1.165, 1.54) is 10.9 Å². The van der Waals surface area contributed by atoms with Gasteiger partial charge in [0.25, 0.3) is 5.56 Å². The predicted octanol–water partition coefficient (Wildman–Crippen LogP) is 2.47. The van der Waals surface area contributed by atoms with Crippen LogP contribution in [0.15, 0.2) is 58.2 Å². The van der Waals surface area contributed by atoms with Crippen molar-refractivity contribution in [1.82, 2.24) is 9.36 Å². The fourth-order valence-electron chi connectivity index (χ4n) is 2.92. The van der Waals surface area contributed by atoms with E-state index in [0.717, 1.165) is 16.8 Å². The summed E-state index contributed by atoms with van der Waals surface area (Å²) >= 11 is 0. The summed E-state index contributed by atoms with van der Waals surface area (Å²) in [6.07, 6.45) is 1.17. The van der Waals surface area contributed by atoms with Crippen molar-refractivity contribution in [2.75, 3.05) is 13.4 Å². The minimum Gasteiger partial charge on any atom is -0.497 e. The number of hydrogen-bond acceptors (Lipinski definition) is 4. The van der Waals surface area contributed by atoms with Crippen LogP contribution in [0, 0.1) is 0 Å². The monoisotopic (exact) mass is 372 g/mol. The second kappa shape index (κ2) is 6.49. The lowest BCUT2D eigenvalue weighted by molar-refractivity contribution is 0.415. The fourth-order valence-corrected chi connectivity index (χ4v) is 3.55. The van der Waals surface area contributed by atoms with Crippen molar-refractivity contribution in [1.29, 1.82) is 0 Å². The van der Waals surface area contributed by atoms with E-state index in [-0.39, 0.29) is 10.5 Å². The molecule has 0 fully saturated rings. The summed E-state index contributed by atoms with van der Waals surface area (Å²) < 4.78 is 31.8. The molecule has 0 aliphatic heterocycles. The second-order valence-electron chi connectivity index (χ2n) is 6.10. The number of sulfone groups is 1. The van der Waals surface area contributed by atoms with Gasteiger partial charge in [0, 0.05) is 25.9 Å². The first-order valence-electron chi connectivity index (χ1n) is 7.95. The Hall–Kier alpha value is -2.80. The molecule has 3 aromatic rings. The third kappa shape index (κ3) is 3.06. The molecule has 0 bridgehead atoms. The zero-order valence-corrected chi connectivity index (χ0v) is 15.9. The lowest BCUT2D eigenvalue weighted by atomic mass is 10.0. The van der Waals surface area contributed by atoms with E-state index < -0.39 is 9.84 Å². The molecule has 1 aromatic heterocycles. The van der Waals surface area contributed by atoms with Crippen LogP contribution in [0.25, 0.3) is 22.4 Å². The number of benzene rings is 2. The van der Waals surface area contributed by atoms with Crippen molar-refractivity contribution >= 4 is 9.84 Å². The summed E-state index contributed by atoms with van der Waals surface area (Å²) in [5.41, 5.74) is 2.70. The second-order valence-corrected chi connectivity index (χ2v) is 8.12. The summed E-state index contributed by atoms with van der Waals surface area (Å²) in [6.45, 7) is 0. The number of nitrogens with zero attached hydrogens (tertiary/aromatic N) is 2. The molecule has 2 aromatic carbocycles. The predicted molar refractivity (Wildman–Crippen MR) is 101 cm³/mol. The number of rotatable bonds is 4. The van der Waals surface area contributed by atoms with Gasteiger partial charge in [-0.15, -0.1) is 0 Å². The van der Waals surface area contributed by atoms with Gasteiger partial charge in [0.15, 0.2) is 9.84 Å². The van der Waals surface area contributed by atoms with E-state index in [1.54, 1.807) is 62.3 Å². The Morgan fingerprint density at radius 2 is 1.38 bits per heavy atom. The first-order valence-corrected chi connectivity index (χ1v) is 9.84. The molecular weight excluding hydrogens is 352 g/mol. The third-order valence-electron chi connectivity index (χ3n) is 4.45. The van der Waals surface area contributed by atoms with Crippen LogP contribution in [0.2, 0.25) is 0 Å². The molecule has 0 saturated carbocycles. The van der Waals surface area contributed by atoms with Crippen molar-refractivity contribution in [3.05, 3.63) is 58.9 Å². The highest BCUT2D eigenvalue weighted by atomic mass is 32.2. The Balaban J connectivity index is 2.21. The molecular formula is C19H20N2O4S. The van der Waals surface area contributed by atoms with Crippen LogP contribution in [0.3, 0.4) is 0 Å². The fraction of sp³-hybridized carbons (Fsp3) is 0.211. The van der Waals surface area contributed by atoms with Gasteiger partial charge >= 0.3 is 0 Å². The molecule has 0 aliphatic carbocycles. The number of aromatic nitrogens is 2. The number of methoxy groups -OCH3 is 1. The quantitative estimate of drug-likeness (QED) is 0.705. The molecule has 0 amide bonds. The highest BCUT2D eigenvalue weighted by Crippen LogP contribution is 2.31. The molecule has 0 radical (unpaired) electrons. The standard InChI is InChI=1S/C19H20N2O4S/c1-20-18(14-7-11-16(12-8-14)26(4,23)24)17(19(22)21(20)2)13-5-9-15(25-3)10-6-13/h5-12H,1-4H3. The summed E-state index contributed by atoms with van der Waals surface area (Å²) in [4.78, 5) is 13.0. The highest BCUT2D eigenvalue weighted by molar-refractivity contribution is 7.90. The maximum atomic E-state index is 12.8. The smallest absolute Gasteiger partial charge is 0.274 e. The highest BCUT2D eigenvalue weighted by Gasteiger charge is 2.20. The summed E-state index contributed by atoms with van der Waals surface area (Å²) in [5.74, 6) is 0.709. The van der Waals surface area contributed by atoms with Crippen LogP contribution < -0.4 is 10.3 Å². The molecule has 0 saturated heterocycles. The lowest BCUT2D eigenvalue weighted by Crippen LogP contribution is -2.17. The zero-order valence-electron chi connectivity index (χ0n) is 15.1. The van der Waals surface area contributed by atoms with Crippen LogP contribution in [0.4, 0.5) is 0 Å². The van der Waals surface area contributed by atoms with Crippen LogP contribution in [0.1, 0.15) is 0 Å². The van der Waals surface area contributed by atoms with Gasteiger partial charge in [-0.2, -0.15) is 0 Å². The van der Waals surface area contributed by atoms with Crippen molar-refractivity contribution in [3.63, 3.8) is 0 Å². The minimum absolute atomic E-state index is 0.125. The first kappa shape index (κ1) is 18.0. The zero-order chi connectivity index (χ0) is 19.1. The lowest BCUT2D eigenvalue weighted by Gasteiger charge is -2.09. The molecule has 0 spiro atoms. The Morgan fingerprint density at radius 1 is 0.846 bits per heavy atom. The maximum absolute atomic E-state index is 12.8. The first-order chi connectivity index (χ1) is 12.2. The Bertz CT molecular complexity index is 1110. The van der Waals surface area contributed by atoms with E-state index in [4.69, 9.17) is 4.74 Å². The van der Waals surface area contributed by atoms with Crippen LogP contribution in [-0.2, 0) is 23.9 Å². The SMILES string of the molecule is COc1ccc(-c2c(-c3ccc(S(C)(=O)=O)cc3)n(C)n(C)c2=O)cc1. The minimum atomic E-state index is -3.27. The molecule has 6 nitrogen and oxygen atoms in total. The van der Waals surface area contributed by atoms with Crippen LogP contribution >= 0.6 is 0 Å². The van der Waals surface area contributed by atoms with Gasteiger partial charge in [-0.25, -0.2) is 8.42 Å². The number of ether oxygens (including phenoxy) is 1. The van der Waals surface area contributed by atoms with Gasteiger partial charge in [-0.1, -0.05) is 24.3 Å². The Morgan fingerprint density at radius 3 is 1.88 bits per heavy atom. The van der Waals surface area contributed by atoms with E-state index in [0.29, 0.717) is 11.3 Å². The van der Waals surface area contributed by atoms with Gasteiger partial charge in [-0.05, 0) is 29.8 Å². The normalized spacial score (nSPS) is 11.5. The van der Waals surface area contributed by atoms with Gasteiger partial charge in [0.1, 0.15) is 5.75 Å². The van der Waals surface area contributed by atoms with Crippen LogP contribution in [0.5, 0.6) is 5.75 Å². The maximum Gasteiger partial charge on any atom is 0.274 e. The van der Waals surface area contributed by atoms with Gasteiger partial charge < -0.3 is 4.74 Å². The molecule has 26 heavy (non-hydrogen) atoms. The molecule has 7 heteroatoms. The third-order valence-corrected chi connectivity index (χ3v) is 5.58. The largest absolute Gasteiger partial charge is 0.497 e. The van der Waals surface area contributed by atoms with Gasteiger partial charge in [0.05, 0.1) is 23.3 Å². The van der Waals surface area contributed by atoms with Gasteiger partial charge in [-0.3, -0.25) is 14.2 Å². The van der Waals surface area contributed by atoms with E-state index in [9.17, 15) is 13.2 Å². The van der Waals surface area contributed by atoms with Crippen molar-refractivity contribution < 1.29 is 13.2 Å². The molecule has 0 unspecified atom stereocenters. The average Bonchev–Trinajstić information content (AvgIpc) is 2.85. The Labute approximate surface area is 152 Å². The Kier molecular flexibility index (Phi) is 4.50. The molecule has 1 heterocycles. The molecule has 136 valence electrons. The van der Waals surface area contributed by atoms with E-state index in [2.05, 4.69) is 0 Å². The summed E-state index contributed by atoms with van der Waals surface area (Å²) in [7, 11) is 1.81. The van der Waals surface area contributed by atoms with Crippen molar-refractivity contribution in [2.24, 2.45) is 14.1 Å². The summed E-state index contributed by atoms with van der Waals surface area (Å²) in [6, 6.07) is 13.8. The topological polar surface area (TPSA) is 70.3 Å². The number of hydrogen-bond donors (Lipinski definition) is 0. The average molecular weight is 372 g/mol. The molecule has 3 rings (SSSR count). The van der Waals surface area contributed by atoms with Crippen molar-refractivity contribution in [3.8, 4) is 28.1 Å². The van der Waals surface area contributed by atoms with Gasteiger partial charge in [0.2, 0.25) is 0 Å². The molecule has 0 aliphatic rings. The summed E-state index contributed by atoms with van der Waals surface area (Å²) in [5, 5.41) is 0. The molecule has 0 atom stereocenters. The van der Waals surface area contributed by atoms with Crippen LogP contribution in [-0.4, -0.2) is 31.1 Å². The van der Waals surface area contributed by atoms with E-state index >= 15 is 0 Å².